The maximum Gasteiger partial charge on any atom is 0.264 e. The van der Waals surface area contributed by atoms with Crippen LogP contribution in [0.4, 0.5) is 5.69 Å². The maximum absolute atomic E-state index is 13.4. The van der Waals surface area contributed by atoms with Gasteiger partial charge in [-0.2, -0.15) is 0 Å². The van der Waals surface area contributed by atoms with E-state index in [1.807, 2.05) is 31.1 Å². The fourth-order valence-corrected chi connectivity index (χ4v) is 4.36. The van der Waals surface area contributed by atoms with Gasteiger partial charge in [0.1, 0.15) is 11.5 Å². The van der Waals surface area contributed by atoms with E-state index in [4.69, 9.17) is 14.0 Å². The van der Waals surface area contributed by atoms with E-state index in [1.165, 1.54) is 21.3 Å². The Labute approximate surface area is 148 Å². The van der Waals surface area contributed by atoms with E-state index in [0.29, 0.717) is 22.4 Å². The second-order valence-electron chi connectivity index (χ2n) is 5.67. The van der Waals surface area contributed by atoms with Crippen molar-refractivity contribution in [2.75, 3.05) is 40.3 Å². The Morgan fingerprint density at radius 3 is 2.12 bits per heavy atom. The van der Waals surface area contributed by atoms with E-state index in [0.717, 1.165) is 5.69 Å². The largest absolute Gasteiger partial charge is 0.497 e. The summed E-state index contributed by atoms with van der Waals surface area (Å²) in [5.74, 6) is -0.395. The standard InChI is InChI=1S/C18H24NO5P/c1-19(2)13-6-9-15(10-7-13)25(21,24-5)18(20)16-11-8-14(22-3)12-17(16)23-4/h6-12,18,20H,1-5H3/t18-,25-/m0/s1. The second kappa shape index (κ2) is 7.91. The Morgan fingerprint density at radius 2 is 1.64 bits per heavy atom. The lowest BCUT2D eigenvalue weighted by atomic mass is 10.2. The summed E-state index contributed by atoms with van der Waals surface area (Å²) in [6.07, 6.45) is 0. The van der Waals surface area contributed by atoms with E-state index in [2.05, 4.69) is 0 Å². The molecule has 6 nitrogen and oxygen atoms in total. The molecule has 136 valence electrons. The van der Waals surface area contributed by atoms with Crippen molar-refractivity contribution in [3.63, 3.8) is 0 Å². The van der Waals surface area contributed by atoms with Crippen LogP contribution < -0.4 is 19.7 Å². The van der Waals surface area contributed by atoms with Crippen LogP contribution >= 0.6 is 7.37 Å². The SMILES string of the molecule is COc1ccc([C@@H](O)[P@@](=O)(OC)c2ccc(N(C)C)cc2)c(OC)c1. The van der Waals surface area contributed by atoms with Crippen molar-refractivity contribution in [2.24, 2.45) is 0 Å². The van der Waals surface area contributed by atoms with Gasteiger partial charge < -0.3 is 24.0 Å². The van der Waals surface area contributed by atoms with Crippen LogP contribution in [0.3, 0.4) is 0 Å². The number of rotatable bonds is 7. The fourth-order valence-electron chi connectivity index (χ4n) is 2.52. The zero-order valence-electron chi connectivity index (χ0n) is 15.1. The van der Waals surface area contributed by atoms with Crippen molar-refractivity contribution in [3.8, 4) is 11.5 Å². The molecule has 0 aromatic heterocycles. The number of hydrogen-bond donors (Lipinski definition) is 1. The Bertz CT molecular complexity index is 761. The first kappa shape index (κ1) is 19.3. The van der Waals surface area contributed by atoms with Crippen molar-refractivity contribution in [2.45, 2.75) is 5.85 Å². The van der Waals surface area contributed by atoms with Crippen molar-refractivity contribution < 1.29 is 23.7 Å². The van der Waals surface area contributed by atoms with Crippen molar-refractivity contribution in [3.05, 3.63) is 48.0 Å². The highest BCUT2D eigenvalue weighted by molar-refractivity contribution is 7.67. The lowest BCUT2D eigenvalue weighted by Gasteiger charge is -2.24. The highest BCUT2D eigenvalue weighted by Crippen LogP contribution is 2.58. The summed E-state index contributed by atoms with van der Waals surface area (Å²) in [5, 5.41) is 11.3. The molecule has 0 aliphatic carbocycles. The molecule has 0 amide bonds. The topological polar surface area (TPSA) is 68.2 Å². The minimum atomic E-state index is -3.56. The van der Waals surface area contributed by atoms with Crippen molar-refractivity contribution in [1.82, 2.24) is 0 Å². The molecule has 2 aromatic carbocycles. The number of methoxy groups -OCH3 is 2. The molecule has 0 bridgehead atoms. The van der Waals surface area contributed by atoms with E-state index in [1.54, 1.807) is 30.3 Å². The van der Waals surface area contributed by atoms with Gasteiger partial charge >= 0.3 is 0 Å². The predicted octanol–water partition coefficient (Wildman–Crippen LogP) is 3.01. The zero-order valence-corrected chi connectivity index (χ0v) is 16.0. The van der Waals surface area contributed by atoms with Gasteiger partial charge in [0.15, 0.2) is 5.85 Å². The maximum atomic E-state index is 13.4. The number of benzene rings is 2. The zero-order chi connectivity index (χ0) is 18.6. The number of hydrogen-bond acceptors (Lipinski definition) is 6. The van der Waals surface area contributed by atoms with Gasteiger partial charge in [-0.1, -0.05) is 0 Å². The summed E-state index contributed by atoms with van der Waals surface area (Å²) < 4.78 is 29.2. The first-order valence-electron chi connectivity index (χ1n) is 7.70. The smallest absolute Gasteiger partial charge is 0.264 e. The number of aliphatic hydroxyl groups excluding tert-OH is 1. The van der Waals surface area contributed by atoms with Gasteiger partial charge in [0, 0.05) is 43.8 Å². The molecule has 0 heterocycles. The van der Waals surface area contributed by atoms with Gasteiger partial charge in [-0.3, -0.25) is 4.57 Å². The Morgan fingerprint density at radius 1 is 1.00 bits per heavy atom. The van der Waals surface area contributed by atoms with Gasteiger partial charge in [-0.15, -0.1) is 0 Å². The average molecular weight is 365 g/mol. The summed E-state index contributed by atoms with van der Waals surface area (Å²) in [4.78, 5) is 1.93. The number of ether oxygens (including phenoxy) is 2. The highest BCUT2D eigenvalue weighted by atomic mass is 31.2. The summed E-state index contributed by atoms with van der Waals surface area (Å²) in [6.45, 7) is 0. The highest BCUT2D eigenvalue weighted by Gasteiger charge is 2.37. The molecule has 0 aliphatic heterocycles. The molecule has 0 fully saturated rings. The quantitative estimate of drug-likeness (QED) is 0.761. The number of anilines is 1. The molecule has 2 atom stereocenters. The average Bonchev–Trinajstić information content (AvgIpc) is 2.66. The third kappa shape index (κ3) is 3.82. The Kier molecular flexibility index (Phi) is 6.11. The minimum absolute atomic E-state index is 0.380. The molecule has 0 saturated heterocycles. The normalized spacial score (nSPS) is 14.5. The van der Waals surface area contributed by atoms with Gasteiger partial charge in [-0.05, 0) is 36.4 Å². The van der Waals surface area contributed by atoms with Gasteiger partial charge in [0.05, 0.1) is 14.2 Å². The van der Waals surface area contributed by atoms with Crippen LogP contribution in [0, 0.1) is 0 Å². The van der Waals surface area contributed by atoms with Gasteiger partial charge in [-0.25, -0.2) is 0 Å². The summed E-state index contributed by atoms with van der Waals surface area (Å²) in [5.41, 5.74) is 1.34. The van der Waals surface area contributed by atoms with E-state index >= 15 is 0 Å². The van der Waals surface area contributed by atoms with Crippen molar-refractivity contribution >= 4 is 18.4 Å². The van der Waals surface area contributed by atoms with Crippen LogP contribution in [-0.2, 0) is 9.09 Å². The van der Waals surface area contributed by atoms with Crippen LogP contribution in [-0.4, -0.2) is 40.5 Å². The fraction of sp³-hybridized carbons (Fsp3) is 0.333. The van der Waals surface area contributed by atoms with Gasteiger partial charge in [0.25, 0.3) is 7.37 Å². The number of aliphatic hydroxyl groups is 1. The van der Waals surface area contributed by atoms with Crippen LogP contribution in [0.1, 0.15) is 11.4 Å². The van der Waals surface area contributed by atoms with E-state index in [9.17, 15) is 9.67 Å². The summed E-state index contributed by atoms with van der Waals surface area (Å²) in [6, 6.07) is 12.0. The lowest BCUT2D eigenvalue weighted by molar-refractivity contribution is 0.223. The van der Waals surface area contributed by atoms with Crippen LogP contribution in [0.25, 0.3) is 0 Å². The summed E-state index contributed by atoms with van der Waals surface area (Å²) in [7, 11) is 4.63. The molecule has 7 heteroatoms. The number of nitrogens with zero attached hydrogens (tertiary/aromatic N) is 1. The Balaban J connectivity index is 2.46. The second-order valence-corrected chi connectivity index (χ2v) is 8.24. The molecule has 25 heavy (non-hydrogen) atoms. The molecule has 2 aromatic rings. The van der Waals surface area contributed by atoms with E-state index in [-0.39, 0.29) is 0 Å². The molecule has 0 radical (unpaired) electrons. The molecule has 0 aliphatic rings. The third-order valence-corrected chi connectivity index (χ3v) is 6.52. The Hall–Kier alpha value is -2.01. The molecule has 0 spiro atoms. The molecular weight excluding hydrogens is 341 g/mol. The molecule has 0 saturated carbocycles. The molecular formula is C18H24NO5P. The van der Waals surface area contributed by atoms with Crippen LogP contribution in [0.15, 0.2) is 42.5 Å². The predicted molar refractivity (Wildman–Crippen MR) is 99.5 cm³/mol. The molecule has 0 unspecified atom stereocenters. The third-order valence-electron chi connectivity index (χ3n) is 4.04. The monoisotopic (exact) mass is 365 g/mol. The van der Waals surface area contributed by atoms with Crippen molar-refractivity contribution in [1.29, 1.82) is 0 Å². The summed E-state index contributed by atoms with van der Waals surface area (Å²) >= 11 is 0. The van der Waals surface area contributed by atoms with Crippen LogP contribution in [0.2, 0.25) is 0 Å². The first-order chi connectivity index (χ1) is 11.9. The molecule has 1 N–H and O–H groups in total. The van der Waals surface area contributed by atoms with E-state index < -0.39 is 13.2 Å². The van der Waals surface area contributed by atoms with Crippen LogP contribution in [0.5, 0.6) is 11.5 Å². The molecule has 2 rings (SSSR count). The van der Waals surface area contributed by atoms with Gasteiger partial charge in [0.2, 0.25) is 0 Å². The minimum Gasteiger partial charge on any atom is -0.497 e. The first-order valence-corrected chi connectivity index (χ1v) is 9.40. The lowest BCUT2D eigenvalue weighted by Crippen LogP contribution is -2.15.